The second-order valence-corrected chi connectivity index (χ2v) is 6.72. The van der Waals surface area contributed by atoms with Crippen LogP contribution in [-0.2, 0) is 28.9 Å². The molecule has 3 nitrogen and oxygen atoms in total. The van der Waals surface area contributed by atoms with Crippen LogP contribution in [-0.4, -0.2) is 10.8 Å². The fraction of sp³-hybridized carbons (Fsp3) is 0.412. The third-order valence-corrected chi connectivity index (χ3v) is 4.42. The molecule has 2 rings (SSSR count). The number of hydrogen-bond acceptors (Lipinski definition) is 3. The highest BCUT2D eigenvalue weighted by Crippen LogP contribution is 2.13. The second-order valence-electron chi connectivity index (χ2n) is 5.26. The molecule has 2 aromatic rings. The third-order valence-electron chi connectivity index (χ3n) is 3.16. The molecule has 1 aromatic carbocycles. The zero-order chi connectivity index (χ0) is 15.1. The standard InChI is InChI=1S/C17H23NO2S/c1-3-9-18-11-16-7-8-17(20-16)13-21(19)12-15-6-4-5-14(2)10-15/h4-8,10,18H,3,9,11-13H2,1-2H3. The first-order valence-electron chi connectivity index (χ1n) is 7.36. The summed E-state index contributed by atoms with van der Waals surface area (Å²) < 4.78 is 17.9. The Morgan fingerprint density at radius 1 is 1.14 bits per heavy atom. The first-order valence-corrected chi connectivity index (χ1v) is 8.85. The molecule has 0 fully saturated rings. The van der Waals surface area contributed by atoms with Crippen LogP contribution < -0.4 is 5.32 Å². The van der Waals surface area contributed by atoms with Gasteiger partial charge in [-0.3, -0.25) is 4.21 Å². The van der Waals surface area contributed by atoms with E-state index in [0.29, 0.717) is 11.5 Å². The van der Waals surface area contributed by atoms with E-state index < -0.39 is 10.8 Å². The number of nitrogens with one attached hydrogen (secondary N) is 1. The van der Waals surface area contributed by atoms with Crippen molar-refractivity contribution >= 4 is 10.8 Å². The van der Waals surface area contributed by atoms with Gasteiger partial charge in [-0.1, -0.05) is 36.8 Å². The van der Waals surface area contributed by atoms with Crippen molar-refractivity contribution in [1.29, 1.82) is 0 Å². The van der Waals surface area contributed by atoms with Crippen LogP contribution in [0.4, 0.5) is 0 Å². The van der Waals surface area contributed by atoms with Gasteiger partial charge in [0.2, 0.25) is 0 Å². The molecule has 0 saturated carbocycles. The molecule has 1 heterocycles. The zero-order valence-corrected chi connectivity index (χ0v) is 13.5. The molecule has 0 saturated heterocycles. The molecule has 1 unspecified atom stereocenters. The highest BCUT2D eigenvalue weighted by molar-refractivity contribution is 7.83. The van der Waals surface area contributed by atoms with Crippen molar-refractivity contribution < 1.29 is 8.63 Å². The Hall–Kier alpha value is -1.39. The van der Waals surface area contributed by atoms with Crippen molar-refractivity contribution in [3.8, 4) is 0 Å². The Labute approximate surface area is 129 Å². The maximum atomic E-state index is 12.2. The first kappa shape index (κ1) is 16.0. The van der Waals surface area contributed by atoms with Crippen molar-refractivity contribution in [2.45, 2.75) is 38.3 Å². The van der Waals surface area contributed by atoms with E-state index in [1.54, 1.807) is 0 Å². The summed E-state index contributed by atoms with van der Waals surface area (Å²) in [5.74, 6) is 2.76. The van der Waals surface area contributed by atoms with Crippen LogP contribution in [0.1, 0.15) is 36.0 Å². The maximum Gasteiger partial charge on any atom is 0.118 e. The average Bonchev–Trinajstić information content (AvgIpc) is 2.86. The van der Waals surface area contributed by atoms with Gasteiger partial charge < -0.3 is 9.73 Å². The zero-order valence-electron chi connectivity index (χ0n) is 12.7. The predicted molar refractivity (Wildman–Crippen MR) is 87.4 cm³/mol. The van der Waals surface area contributed by atoms with Gasteiger partial charge in [0.1, 0.15) is 11.5 Å². The van der Waals surface area contributed by atoms with Crippen LogP contribution in [0.25, 0.3) is 0 Å². The molecule has 21 heavy (non-hydrogen) atoms. The number of furan rings is 1. The van der Waals surface area contributed by atoms with Crippen molar-refractivity contribution in [2.24, 2.45) is 0 Å². The summed E-state index contributed by atoms with van der Waals surface area (Å²) in [6, 6.07) is 12.0. The van der Waals surface area contributed by atoms with E-state index in [9.17, 15) is 4.21 Å². The molecule has 1 atom stereocenters. The first-order chi connectivity index (χ1) is 10.2. The van der Waals surface area contributed by atoms with Gasteiger partial charge in [0, 0.05) is 16.6 Å². The molecule has 4 heteroatoms. The molecule has 0 aliphatic heterocycles. The fourth-order valence-electron chi connectivity index (χ4n) is 2.18. The van der Waals surface area contributed by atoms with Crippen LogP contribution >= 0.6 is 0 Å². The highest BCUT2D eigenvalue weighted by atomic mass is 32.2. The Kier molecular flexibility index (Phi) is 6.21. The molecule has 114 valence electrons. The van der Waals surface area contributed by atoms with E-state index in [2.05, 4.69) is 31.3 Å². The summed E-state index contributed by atoms with van der Waals surface area (Å²) in [5, 5.41) is 3.29. The van der Waals surface area contributed by atoms with Gasteiger partial charge in [-0.2, -0.15) is 0 Å². The van der Waals surface area contributed by atoms with E-state index in [4.69, 9.17) is 4.42 Å². The van der Waals surface area contributed by atoms with Crippen molar-refractivity contribution in [1.82, 2.24) is 5.32 Å². The van der Waals surface area contributed by atoms with E-state index in [1.165, 1.54) is 5.56 Å². The minimum Gasteiger partial charge on any atom is -0.464 e. The quantitative estimate of drug-likeness (QED) is 0.759. The lowest BCUT2D eigenvalue weighted by molar-refractivity contribution is 0.458. The summed E-state index contributed by atoms with van der Waals surface area (Å²) in [5.41, 5.74) is 2.32. The molecule has 0 spiro atoms. The smallest absolute Gasteiger partial charge is 0.118 e. The molecule has 1 aromatic heterocycles. The average molecular weight is 305 g/mol. The van der Waals surface area contributed by atoms with Crippen LogP contribution in [0.3, 0.4) is 0 Å². The minimum absolute atomic E-state index is 0.474. The number of hydrogen-bond donors (Lipinski definition) is 1. The largest absolute Gasteiger partial charge is 0.464 e. The molecule has 1 N–H and O–H groups in total. The Balaban J connectivity index is 1.85. The summed E-state index contributed by atoms with van der Waals surface area (Å²) in [6.45, 7) is 5.90. The molecule has 0 aliphatic rings. The maximum absolute atomic E-state index is 12.2. The third kappa shape index (κ3) is 5.48. The summed E-state index contributed by atoms with van der Waals surface area (Å²) >= 11 is 0. The van der Waals surface area contributed by atoms with Gasteiger partial charge in [0.25, 0.3) is 0 Å². The van der Waals surface area contributed by atoms with Crippen LogP contribution in [0, 0.1) is 6.92 Å². The summed E-state index contributed by atoms with van der Waals surface area (Å²) in [4.78, 5) is 0. The highest BCUT2D eigenvalue weighted by Gasteiger charge is 2.08. The molecular weight excluding hydrogens is 282 g/mol. The second kappa shape index (κ2) is 8.15. The molecule has 0 amide bonds. The minimum atomic E-state index is -0.938. The lowest BCUT2D eigenvalue weighted by Gasteiger charge is -2.03. The molecule has 0 radical (unpaired) electrons. The number of benzene rings is 1. The van der Waals surface area contributed by atoms with Gasteiger partial charge in [-0.05, 0) is 37.6 Å². The Morgan fingerprint density at radius 2 is 1.95 bits per heavy atom. The van der Waals surface area contributed by atoms with E-state index in [0.717, 1.165) is 36.6 Å². The van der Waals surface area contributed by atoms with Crippen molar-refractivity contribution in [3.63, 3.8) is 0 Å². The van der Waals surface area contributed by atoms with Crippen molar-refractivity contribution in [3.05, 3.63) is 59.0 Å². The van der Waals surface area contributed by atoms with Gasteiger partial charge in [0.05, 0.1) is 12.3 Å². The topological polar surface area (TPSA) is 42.2 Å². The molecule has 0 aliphatic carbocycles. The summed E-state index contributed by atoms with van der Waals surface area (Å²) in [7, 11) is -0.938. The number of aryl methyl sites for hydroxylation is 1. The normalized spacial score (nSPS) is 12.5. The molecular formula is C17H23NO2S. The Morgan fingerprint density at radius 3 is 2.71 bits per heavy atom. The van der Waals surface area contributed by atoms with E-state index >= 15 is 0 Å². The van der Waals surface area contributed by atoms with E-state index in [1.807, 2.05) is 24.3 Å². The predicted octanol–water partition coefficient (Wildman–Crippen LogP) is 3.54. The Bertz CT molecular complexity index is 592. The van der Waals surface area contributed by atoms with Crippen LogP contribution in [0.5, 0.6) is 0 Å². The lowest BCUT2D eigenvalue weighted by atomic mass is 10.2. The van der Waals surface area contributed by atoms with Gasteiger partial charge >= 0.3 is 0 Å². The van der Waals surface area contributed by atoms with Crippen LogP contribution in [0.2, 0.25) is 0 Å². The fourth-order valence-corrected chi connectivity index (χ4v) is 3.31. The van der Waals surface area contributed by atoms with Gasteiger partial charge in [-0.15, -0.1) is 0 Å². The number of rotatable bonds is 8. The summed E-state index contributed by atoms with van der Waals surface area (Å²) in [6.07, 6.45) is 1.11. The SMILES string of the molecule is CCCNCc1ccc(CS(=O)Cc2cccc(C)c2)o1. The van der Waals surface area contributed by atoms with E-state index in [-0.39, 0.29) is 0 Å². The molecule has 0 bridgehead atoms. The lowest BCUT2D eigenvalue weighted by Crippen LogP contribution is -2.13. The monoisotopic (exact) mass is 305 g/mol. The van der Waals surface area contributed by atoms with Crippen LogP contribution in [0.15, 0.2) is 40.8 Å². The van der Waals surface area contributed by atoms with Crippen molar-refractivity contribution in [2.75, 3.05) is 6.54 Å². The van der Waals surface area contributed by atoms with Gasteiger partial charge in [-0.25, -0.2) is 0 Å². The van der Waals surface area contributed by atoms with Gasteiger partial charge in [0.15, 0.2) is 0 Å².